The number of hydrogen-bond donors (Lipinski definition) is 0. The maximum atomic E-state index is 4.89. The summed E-state index contributed by atoms with van der Waals surface area (Å²) in [6.07, 6.45) is 0. The van der Waals surface area contributed by atoms with Crippen LogP contribution in [0.2, 0.25) is 19.6 Å². The van der Waals surface area contributed by atoms with E-state index in [1.807, 2.05) is 0 Å². The molecule has 0 rings (SSSR count). The predicted octanol–water partition coefficient (Wildman–Crippen LogP) is 2.15. The number of halogens is 1. The van der Waals surface area contributed by atoms with Gasteiger partial charge in [0.25, 0.3) is 0 Å². The zero-order valence-electron chi connectivity index (χ0n) is 4.29. The maximum absolute atomic E-state index is 4.89. The Morgan fingerprint density at radius 1 is 1.33 bits per heavy atom. The molecule has 0 fully saturated rings. The van der Waals surface area contributed by atoms with E-state index in [1.165, 1.54) is 0 Å². The molecular weight excluding hydrogens is 160 g/mol. The van der Waals surface area contributed by atoms with Gasteiger partial charge in [-0.15, -0.1) is 0 Å². The summed E-state index contributed by atoms with van der Waals surface area (Å²) in [5.41, 5.74) is 0. The zero-order valence-corrected chi connectivity index (χ0v) is 6.87. The fraction of sp³-hybridized carbons (Fsp3) is 1.00. The van der Waals surface area contributed by atoms with E-state index in [9.17, 15) is 0 Å². The fourth-order valence-corrected chi connectivity index (χ4v) is 0. The lowest BCUT2D eigenvalue weighted by molar-refractivity contribution is 0.685. The Labute approximate surface area is 48.3 Å². The van der Waals surface area contributed by atoms with E-state index in [1.54, 1.807) is 0 Å². The fourth-order valence-electron chi connectivity index (χ4n) is 0. The van der Waals surface area contributed by atoms with E-state index in [0.717, 1.165) is 0 Å². The summed E-state index contributed by atoms with van der Waals surface area (Å²) >= 11 is 2.93. The van der Waals surface area contributed by atoms with Crippen molar-refractivity contribution in [2.24, 2.45) is 0 Å². The Bertz CT molecular complexity index is 40.5. The van der Waals surface area contributed by atoms with Gasteiger partial charge in [-0.1, -0.05) is 0 Å². The van der Waals surface area contributed by atoms with Crippen LogP contribution in [0.1, 0.15) is 0 Å². The number of rotatable bonds is 1. The smallest absolute Gasteiger partial charge is 0.201 e. The minimum Gasteiger partial charge on any atom is -0.352 e. The van der Waals surface area contributed by atoms with Gasteiger partial charge in [0.2, 0.25) is 8.32 Å². The summed E-state index contributed by atoms with van der Waals surface area (Å²) in [5, 5.41) is 0. The molecule has 0 amide bonds. The first-order chi connectivity index (χ1) is 2.56. The molecule has 0 aromatic carbocycles. The first kappa shape index (κ1) is 6.66. The average molecular weight is 169 g/mol. The van der Waals surface area contributed by atoms with Crippen LogP contribution < -0.4 is 0 Å². The Hall–Kier alpha value is 0.657. The van der Waals surface area contributed by atoms with Crippen molar-refractivity contribution in [2.45, 2.75) is 19.6 Å². The lowest BCUT2D eigenvalue weighted by Crippen LogP contribution is -2.19. The molecule has 0 spiro atoms. The van der Waals surface area contributed by atoms with E-state index in [0.29, 0.717) is 0 Å². The Balaban J connectivity index is 3.17. The molecule has 0 aromatic rings. The van der Waals surface area contributed by atoms with Crippen LogP contribution in [0.3, 0.4) is 0 Å². The Morgan fingerprint density at radius 3 is 1.50 bits per heavy atom. The molecule has 3 heteroatoms. The van der Waals surface area contributed by atoms with Crippen molar-refractivity contribution in [3.8, 4) is 0 Å². The molecule has 0 aliphatic heterocycles. The van der Waals surface area contributed by atoms with Gasteiger partial charge in [-0.2, -0.15) is 0 Å². The third kappa shape index (κ3) is 4.66. The van der Waals surface area contributed by atoms with Crippen LogP contribution in [0.25, 0.3) is 0 Å². The molecule has 0 heterocycles. The molecular formula is C3H9BrOSi. The molecule has 0 aliphatic carbocycles. The Morgan fingerprint density at radius 2 is 1.50 bits per heavy atom. The van der Waals surface area contributed by atoms with Crippen molar-refractivity contribution in [3.63, 3.8) is 0 Å². The molecule has 0 atom stereocenters. The lowest BCUT2D eigenvalue weighted by atomic mass is 11.8. The summed E-state index contributed by atoms with van der Waals surface area (Å²) in [6, 6.07) is 0. The minimum absolute atomic E-state index is 1.21. The van der Waals surface area contributed by atoms with Crippen molar-refractivity contribution in [1.29, 1.82) is 0 Å². The van der Waals surface area contributed by atoms with Crippen LogP contribution in [0.15, 0.2) is 0 Å². The van der Waals surface area contributed by atoms with E-state index >= 15 is 0 Å². The molecule has 0 saturated carbocycles. The van der Waals surface area contributed by atoms with Crippen LogP contribution in [0, 0.1) is 0 Å². The molecule has 0 N–H and O–H groups in total. The largest absolute Gasteiger partial charge is 0.352 e. The maximum Gasteiger partial charge on any atom is 0.201 e. The second-order valence-corrected chi connectivity index (χ2v) is 7.54. The van der Waals surface area contributed by atoms with Gasteiger partial charge >= 0.3 is 0 Å². The normalized spacial score (nSPS) is 12.0. The number of hydrogen-bond acceptors (Lipinski definition) is 1. The first-order valence-electron chi connectivity index (χ1n) is 1.86. The molecule has 0 aliphatic rings. The molecule has 0 radical (unpaired) electrons. The summed E-state index contributed by atoms with van der Waals surface area (Å²) in [6.45, 7) is 6.34. The third-order valence-corrected chi connectivity index (χ3v) is 3.61. The van der Waals surface area contributed by atoms with Gasteiger partial charge in [0.1, 0.15) is 0 Å². The second kappa shape index (κ2) is 2.09. The van der Waals surface area contributed by atoms with Gasteiger partial charge in [-0.05, 0) is 19.6 Å². The van der Waals surface area contributed by atoms with Gasteiger partial charge in [0.05, 0.1) is 16.3 Å². The van der Waals surface area contributed by atoms with E-state index in [4.69, 9.17) is 3.52 Å². The van der Waals surface area contributed by atoms with Gasteiger partial charge < -0.3 is 3.52 Å². The average Bonchev–Trinajstić information content (AvgIpc) is 1.35. The topological polar surface area (TPSA) is 9.23 Å². The SMILES string of the molecule is C[Si](C)(C)OBr. The quantitative estimate of drug-likeness (QED) is 0.546. The van der Waals surface area contributed by atoms with Gasteiger partial charge in [0, 0.05) is 0 Å². The Kier molecular flexibility index (Phi) is 2.32. The van der Waals surface area contributed by atoms with Gasteiger partial charge in [-0.3, -0.25) is 0 Å². The zero-order chi connectivity index (χ0) is 5.21. The minimum atomic E-state index is -1.21. The highest BCUT2D eigenvalue weighted by Crippen LogP contribution is 2.05. The monoisotopic (exact) mass is 168 g/mol. The molecule has 0 aromatic heterocycles. The van der Waals surface area contributed by atoms with Gasteiger partial charge in [-0.25, -0.2) is 0 Å². The molecule has 38 valence electrons. The van der Waals surface area contributed by atoms with Crippen molar-refractivity contribution in [1.82, 2.24) is 0 Å². The molecule has 0 bridgehead atoms. The summed E-state index contributed by atoms with van der Waals surface area (Å²) < 4.78 is 4.89. The van der Waals surface area contributed by atoms with E-state index < -0.39 is 8.32 Å². The highest BCUT2D eigenvalue weighted by molar-refractivity contribution is 9.06. The summed E-state index contributed by atoms with van der Waals surface area (Å²) in [4.78, 5) is 0. The third-order valence-electron chi connectivity index (χ3n) is 0.231. The van der Waals surface area contributed by atoms with E-state index in [2.05, 4.69) is 35.9 Å². The van der Waals surface area contributed by atoms with E-state index in [-0.39, 0.29) is 0 Å². The van der Waals surface area contributed by atoms with Crippen LogP contribution in [-0.4, -0.2) is 8.32 Å². The summed E-state index contributed by atoms with van der Waals surface area (Å²) in [7, 11) is -1.21. The van der Waals surface area contributed by atoms with Crippen molar-refractivity contribution in [3.05, 3.63) is 0 Å². The first-order valence-corrected chi connectivity index (χ1v) is 5.91. The highest BCUT2D eigenvalue weighted by Gasteiger charge is 2.11. The molecule has 0 saturated heterocycles. The van der Waals surface area contributed by atoms with Gasteiger partial charge in [0.15, 0.2) is 0 Å². The van der Waals surface area contributed by atoms with Crippen molar-refractivity contribution < 1.29 is 3.52 Å². The van der Waals surface area contributed by atoms with Crippen molar-refractivity contribution in [2.75, 3.05) is 0 Å². The van der Waals surface area contributed by atoms with Crippen LogP contribution in [0.4, 0.5) is 0 Å². The van der Waals surface area contributed by atoms with Crippen LogP contribution >= 0.6 is 16.3 Å². The summed E-state index contributed by atoms with van der Waals surface area (Å²) in [5.74, 6) is 0. The highest BCUT2D eigenvalue weighted by atomic mass is 79.9. The molecule has 6 heavy (non-hydrogen) atoms. The van der Waals surface area contributed by atoms with Crippen LogP contribution in [-0.2, 0) is 3.52 Å². The lowest BCUT2D eigenvalue weighted by Gasteiger charge is -2.07. The second-order valence-electron chi connectivity index (χ2n) is 2.19. The van der Waals surface area contributed by atoms with Crippen molar-refractivity contribution >= 4 is 24.6 Å². The molecule has 1 nitrogen and oxygen atoms in total. The predicted molar refractivity (Wildman–Crippen MR) is 33.4 cm³/mol. The standard InChI is InChI=1S/C3H9BrOSi/c1-6(2,3)5-4/h1-3H3. The van der Waals surface area contributed by atoms with Crippen LogP contribution in [0.5, 0.6) is 0 Å². The molecule has 0 unspecified atom stereocenters.